The number of halogens is 3. The SMILES string of the molecule is Cc1ccccc1-n1c(=O)nc(N2CC[C@@H]2CO)c2ccc(C(F)(F)F)nc21. The lowest BCUT2D eigenvalue weighted by Gasteiger charge is -2.41. The largest absolute Gasteiger partial charge is 0.433 e. The van der Waals surface area contributed by atoms with E-state index in [9.17, 15) is 23.1 Å². The van der Waals surface area contributed by atoms with Crippen LogP contribution < -0.4 is 10.6 Å². The molecule has 0 spiro atoms. The maximum Gasteiger partial charge on any atom is 0.433 e. The first-order valence-electron chi connectivity index (χ1n) is 8.76. The summed E-state index contributed by atoms with van der Waals surface area (Å²) in [5.74, 6) is 0.247. The predicted molar refractivity (Wildman–Crippen MR) is 97.7 cm³/mol. The minimum atomic E-state index is -4.64. The van der Waals surface area contributed by atoms with E-state index in [4.69, 9.17) is 0 Å². The van der Waals surface area contributed by atoms with Gasteiger partial charge in [0.25, 0.3) is 0 Å². The van der Waals surface area contributed by atoms with Crippen LogP contribution >= 0.6 is 0 Å². The van der Waals surface area contributed by atoms with Crippen molar-refractivity contribution in [2.24, 2.45) is 0 Å². The Labute approximate surface area is 157 Å². The van der Waals surface area contributed by atoms with Gasteiger partial charge in [-0.05, 0) is 37.1 Å². The summed E-state index contributed by atoms with van der Waals surface area (Å²) in [6, 6.07) is 8.81. The molecule has 146 valence electrons. The number of aromatic nitrogens is 3. The van der Waals surface area contributed by atoms with Crippen LogP contribution in [0.5, 0.6) is 0 Å². The molecule has 3 aromatic rings. The Morgan fingerprint density at radius 2 is 1.93 bits per heavy atom. The minimum Gasteiger partial charge on any atom is -0.394 e. The first-order valence-corrected chi connectivity index (χ1v) is 8.76. The van der Waals surface area contributed by atoms with E-state index in [0.29, 0.717) is 29.6 Å². The summed E-state index contributed by atoms with van der Waals surface area (Å²) in [6.07, 6.45) is -3.93. The Balaban J connectivity index is 2.05. The first-order chi connectivity index (χ1) is 13.3. The molecule has 0 unspecified atom stereocenters. The van der Waals surface area contributed by atoms with Crippen molar-refractivity contribution in [1.29, 1.82) is 0 Å². The van der Waals surface area contributed by atoms with Crippen molar-refractivity contribution in [3.05, 3.63) is 58.1 Å². The molecule has 9 heteroatoms. The van der Waals surface area contributed by atoms with Gasteiger partial charge in [0.05, 0.1) is 23.7 Å². The summed E-state index contributed by atoms with van der Waals surface area (Å²) in [7, 11) is 0. The molecule has 0 bridgehead atoms. The van der Waals surface area contributed by atoms with Gasteiger partial charge >= 0.3 is 11.9 Å². The lowest BCUT2D eigenvalue weighted by molar-refractivity contribution is -0.141. The second-order valence-corrected chi connectivity index (χ2v) is 6.72. The van der Waals surface area contributed by atoms with E-state index in [2.05, 4.69) is 9.97 Å². The molecule has 2 aromatic heterocycles. The van der Waals surface area contributed by atoms with Crippen molar-refractivity contribution < 1.29 is 18.3 Å². The number of aliphatic hydroxyl groups is 1. The second kappa shape index (κ2) is 6.59. The van der Waals surface area contributed by atoms with Crippen LogP contribution in [-0.4, -0.2) is 38.8 Å². The number of hydrogen-bond donors (Lipinski definition) is 1. The Kier molecular flexibility index (Phi) is 4.34. The van der Waals surface area contributed by atoms with Crippen LogP contribution in [0.15, 0.2) is 41.2 Å². The van der Waals surface area contributed by atoms with E-state index in [1.54, 1.807) is 36.1 Å². The fraction of sp³-hybridized carbons (Fsp3) is 0.316. The molecule has 28 heavy (non-hydrogen) atoms. The Bertz CT molecular complexity index is 1110. The molecule has 1 aliphatic rings. The quantitative estimate of drug-likeness (QED) is 0.745. The smallest absolute Gasteiger partial charge is 0.394 e. The Morgan fingerprint density at radius 3 is 2.54 bits per heavy atom. The summed E-state index contributed by atoms with van der Waals surface area (Å²) >= 11 is 0. The van der Waals surface area contributed by atoms with Gasteiger partial charge in [0.15, 0.2) is 5.65 Å². The van der Waals surface area contributed by atoms with Crippen molar-refractivity contribution in [1.82, 2.24) is 14.5 Å². The van der Waals surface area contributed by atoms with Gasteiger partial charge in [0.1, 0.15) is 11.5 Å². The third-order valence-electron chi connectivity index (χ3n) is 4.99. The molecule has 0 aliphatic carbocycles. The molecule has 1 aromatic carbocycles. The van der Waals surface area contributed by atoms with Crippen molar-refractivity contribution >= 4 is 16.9 Å². The number of nitrogens with zero attached hydrogens (tertiary/aromatic N) is 4. The Morgan fingerprint density at radius 1 is 1.18 bits per heavy atom. The Hall–Kier alpha value is -2.94. The maximum atomic E-state index is 13.3. The summed E-state index contributed by atoms with van der Waals surface area (Å²) in [6.45, 7) is 2.19. The molecule has 1 atom stereocenters. The molecule has 1 N–H and O–H groups in total. The van der Waals surface area contributed by atoms with Gasteiger partial charge < -0.3 is 10.0 Å². The highest BCUT2D eigenvalue weighted by Gasteiger charge is 2.35. The molecule has 4 rings (SSSR count). The van der Waals surface area contributed by atoms with Crippen LogP contribution in [0.2, 0.25) is 0 Å². The van der Waals surface area contributed by atoms with Crippen LogP contribution in [0, 0.1) is 6.92 Å². The van der Waals surface area contributed by atoms with Gasteiger partial charge in [-0.1, -0.05) is 18.2 Å². The van der Waals surface area contributed by atoms with Gasteiger partial charge in [0.2, 0.25) is 0 Å². The zero-order chi connectivity index (χ0) is 20.1. The van der Waals surface area contributed by atoms with Gasteiger partial charge in [-0.3, -0.25) is 0 Å². The number of hydrogen-bond acceptors (Lipinski definition) is 5. The number of rotatable bonds is 3. The fourth-order valence-corrected chi connectivity index (χ4v) is 3.40. The molecule has 1 fully saturated rings. The van der Waals surface area contributed by atoms with Crippen molar-refractivity contribution in [2.75, 3.05) is 18.1 Å². The first kappa shape index (κ1) is 18.4. The van der Waals surface area contributed by atoms with Crippen molar-refractivity contribution in [3.63, 3.8) is 0 Å². The maximum absolute atomic E-state index is 13.3. The number of benzene rings is 1. The average molecular weight is 390 g/mol. The molecule has 1 aliphatic heterocycles. The van der Waals surface area contributed by atoms with E-state index in [-0.39, 0.29) is 24.1 Å². The number of para-hydroxylation sites is 1. The van der Waals surface area contributed by atoms with Crippen LogP contribution in [0.3, 0.4) is 0 Å². The highest BCUT2D eigenvalue weighted by atomic mass is 19.4. The number of aliphatic hydroxyl groups excluding tert-OH is 1. The molecule has 1 saturated heterocycles. The number of anilines is 1. The van der Waals surface area contributed by atoms with E-state index in [0.717, 1.165) is 10.6 Å². The zero-order valence-electron chi connectivity index (χ0n) is 14.9. The predicted octanol–water partition coefficient (Wildman–Crippen LogP) is 2.68. The number of aryl methyl sites for hydroxylation is 1. The summed E-state index contributed by atoms with van der Waals surface area (Å²) < 4.78 is 40.9. The fourth-order valence-electron chi connectivity index (χ4n) is 3.40. The van der Waals surface area contributed by atoms with Gasteiger partial charge in [-0.2, -0.15) is 18.2 Å². The van der Waals surface area contributed by atoms with Crippen LogP contribution in [-0.2, 0) is 6.18 Å². The third kappa shape index (κ3) is 2.91. The minimum absolute atomic E-state index is 0.109. The topological polar surface area (TPSA) is 71.2 Å². The van der Waals surface area contributed by atoms with Crippen LogP contribution in [0.1, 0.15) is 17.7 Å². The number of fused-ring (bicyclic) bond motifs is 1. The molecule has 3 heterocycles. The molecular formula is C19H17F3N4O2. The average Bonchev–Trinajstić information content (AvgIpc) is 2.61. The van der Waals surface area contributed by atoms with Gasteiger partial charge in [-0.15, -0.1) is 0 Å². The van der Waals surface area contributed by atoms with E-state index in [1.807, 2.05) is 0 Å². The molecule has 0 saturated carbocycles. The zero-order valence-corrected chi connectivity index (χ0v) is 14.9. The van der Waals surface area contributed by atoms with Crippen molar-refractivity contribution in [2.45, 2.75) is 25.6 Å². The molecular weight excluding hydrogens is 373 g/mol. The lowest BCUT2D eigenvalue weighted by Crippen LogP contribution is -2.51. The third-order valence-corrected chi connectivity index (χ3v) is 4.99. The highest BCUT2D eigenvalue weighted by Crippen LogP contribution is 2.34. The van der Waals surface area contributed by atoms with Gasteiger partial charge in [-0.25, -0.2) is 14.3 Å². The normalized spacial score (nSPS) is 17.0. The van der Waals surface area contributed by atoms with E-state index in [1.165, 1.54) is 6.07 Å². The molecule has 6 nitrogen and oxygen atoms in total. The molecule has 0 amide bonds. The number of alkyl halides is 3. The lowest BCUT2D eigenvalue weighted by atomic mass is 10.0. The highest BCUT2D eigenvalue weighted by molar-refractivity contribution is 5.89. The summed E-state index contributed by atoms with van der Waals surface area (Å²) in [5.41, 5.74) is -0.779. The monoisotopic (exact) mass is 390 g/mol. The van der Waals surface area contributed by atoms with Crippen LogP contribution in [0.25, 0.3) is 16.7 Å². The van der Waals surface area contributed by atoms with Crippen LogP contribution in [0.4, 0.5) is 19.0 Å². The summed E-state index contributed by atoms with van der Waals surface area (Å²) in [5, 5.41) is 9.79. The van der Waals surface area contributed by atoms with E-state index < -0.39 is 17.6 Å². The van der Waals surface area contributed by atoms with Gasteiger partial charge in [0, 0.05) is 6.54 Å². The molecule has 0 radical (unpaired) electrons. The second-order valence-electron chi connectivity index (χ2n) is 6.72. The van der Waals surface area contributed by atoms with E-state index >= 15 is 0 Å². The van der Waals surface area contributed by atoms with Crippen molar-refractivity contribution in [3.8, 4) is 5.69 Å². The summed E-state index contributed by atoms with van der Waals surface area (Å²) in [4.78, 5) is 22.5. The standard InChI is InChI=1S/C19H17F3N4O2/c1-11-4-2-3-5-14(11)26-17-13(6-7-15(23-17)19(20,21)22)16(24-18(26)28)25-9-8-12(25)10-27/h2-7,12,27H,8-10H2,1H3/t12-/m1/s1. The number of pyridine rings is 1.